The molecule has 1 atom stereocenters. The van der Waals surface area contributed by atoms with Crippen LogP contribution in [0.25, 0.3) is 0 Å². The maximum atomic E-state index is 11.5. The number of thioether (sulfide) groups is 1. The first-order valence-electron chi connectivity index (χ1n) is 4.18. The van der Waals surface area contributed by atoms with Crippen LogP contribution < -0.4 is 11.1 Å². The van der Waals surface area contributed by atoms with Crippen molar-refractivity contribution in [2.75, 3.05) is 11.9 Å². The second kappa shape index (κ2) is 3.92. The molecular formula is C9H9BrN2OS. The van der Waals surface area contributed by atoms with Crippen LogP contribution in [-0.2, 0) is 4.79 Å². The molecule has 1 unspecified atom stereocenters. The van der Waals surface area contributed by atoms with E-state index in [0.717, 1.165) is 15.1 Å². The third-order valence-corrected chi connectivity index (χ3v) is 3.77. The maximum absolute atomic E-state index is 11.5. The molecule has 0 fully saturated rings. The first kappa shape index (κ1) is 10.0. The Morgan fingerprint density at radius 3 is 3.07 bits per heavy atom. The summed E-state index contributed by atoms with van der Waals surface area (Å²) >= 11 is 4.87. The molecule has 3 nitrogen and oxygen atoms in total. The Kier molecular flexibility index (Phi) is 2.80. The summed E-state index contributed by atoms with van der Waals surface area (Å²) in [6.45, 7) is 0.367. The fraction of sp³-hybridized carbons (Fsp3) is 0.222. The molecule has 0 bridgehead atoms. The molecule has 0 radical (unpaired) electrons. The SMILES string of the molecule is NCC1Sc2ccc(Br)cc2NC1=O. The van der Waals surface area contributed by atoms with E-state index in [1.54, 1.807) is 0 Å². The van der Waals surface area contributed by atoms with Crippen molar-refractivity contribution in [2.24, 2.45) is 5.73 Å². The van der Waals surface area contributed by atoms with Crippen LogP contribution in [0.3, 0.4) is 0 Å². The van der Waals surface area contributed by atoms with Gasteiger partial charge in [0.2, 0.25) is 5.91 Å². The van der Waals surface area contributed by atoms with E-state index in [4.69, 9.17) is 5.73 Å². The van der Waals surface area contributed by atoms with Gasteiger partial charge in [-0.3, -0.25) is 4.79 Å². The molecule has 0 saturated heterocycles. The van der Waals surface area contributed by atoms with Gasteiger partial charge >= 0.3 is 0 Å². The number of hydrogen-bond acceptors (Lipinski definition) is 3. The lowest BCUT2D eigenvalue weighted by Gasteiger charge is -2.22. The number of anilines is 1. The summed E-state index contributed by atoms with van der Waals surface area (Å²) in [4.78, 5) is 12.5. The fourth-order valence-corrected chi connectivity index (χ4v) is 2.59. The highest BCUT2D eigenvalue weighted by atomic mass is 79.9. The molecule has 5 heteroatoms. The molecule has 0 aromatic heterocycles. The van der Waals surface area contributed by atoms with Gasteiger partial charge < -0.3 is 11.1 Å². The average Bonchev–Trinajstić information content (AvgIpc) is 2.16. The van der Waals surface area contributed by atoms with Crippen LogP contribution in [-0.4, -0.2) is 17.7 Å². The number of hydrogen-bond donors (Lipinski definition) is 2. The van der Waals surface area contributed by atoms with Gasteiger partial charge in [-0.1, -0.05) is 15.9 Å². The Hall–Kier alpha value is -0.520. The summed E-state index contributed by atoms with van der Waals surface area (Å²) < 4.78 is 0.961. The Balaban J connectivity index is 2.35. The number of carbonyl (C=O) groups excluding carboxylic acids is 1. The van der Waals surface area contributed by atoms with Gasteiger partial charge in [-0.05, 0) is 18.2 Å². The van der Waals surface area contributed by atoms with Gasteiger partial charge in [-0.15, -0.1) is 11.8 Å². The topological polar surface area (TPSA) is 55.1 Å². The van der Waals surface area contributed by atoms with Crippen molar-refractivity contribution in [1.29, 1.82) is 0 Å². The predicted molar refractivity (Wildman–Crippen MR) is 61.5 cm³/mol. The molecule has 2 rings (SSSR count). The Labute approximate surface area is 94.6 Å². The van der Waals surface area contributed by atoms with E-state index in [2.05, 4.69) is 21.2 Å². The van der Waals surface area contributed by atoms with Crippen LogP contribution in [0.4, 0.5) is 5.69 Å². The minimum absolute atomic E-state index is 0.0110. The van der Waals surface area contributed by atoms with Crippen molar-refractivity contribution in [3.05, 3.63) is 22.7 Å². The van der Waals surface area contributed by atoms with E-state index in [1.165, 1.54) is 11.8 Å². The van der Waals surface area contributed by atoms with Gasteiger partial charge in [-0.2, -0.15) is 0 Å². The first-order chi connectivity index (χ1) is 6.70. The number of rotatable bonds is 1. The van der Waals surface area contributed by atoms with Crippen molar-refractivity contribution in [1.82, 2.24) is 0 Å². The summed E-state index contributed by atoms with van der Waals surface area (Å²) in [6.07, 6.45) is 0. The van der Waals surface area contributed by atoms with Crippen molar-refractivity contribution >= 4 is 39.3 Å². The molecule has 14 heavy (non-hydrogen) atoms. The van der Waals surface area contributed by atoms with E-state index in [9.17, 15) is 4.79 Å². The molecule has 1 aromatic rings. The second-order valence-corrected chi connectivity index (χ2v) is 5.13. The molecule has 3 N–H and O–H groups in total. The average molecular weight is 273 g/mol. The van der Waals surface area contributed by atoms with E-state index in [-0.39, 0.29) is 11.2 Å². The first-order valence-corrected chi connectivity index (χ1v) is 5.85. The molecule has 1 aliphatic rings. The lowest BCUT2D eigenvalue weighted by atomic mass is 10.3. The molecule has 0 spiro atoms. The number of fused-ring (bicyclic) bond motifs is 1. The van der Waals surface area contributed by atoms with Crippen molar-refractivity contribution in [3.8, 4) is 0 Å². The minimum Gasteiger partial charge on any atom is -0.329 e. The van der Waals surface area contributed by atoms with Gasteiger partial charge in [0.15, 0.2) is 0 Å². The maximum Gasteiger partial charge on any atom is 0.239 e. The number of benzene rings is 1. The normalized spacial score (nSPS) is 20.1. The number of amides is 1. The number of halogens is 1. The monoisotopic (exact) mass is 272 g/mol. The summed E-state index contributed by atoms with van der Waals surface area (Å²) in [5.74, 6) is -0.0110. The van der Waals surface area contributed by atoms with Crippen LogP contribution in [0.5, 0.6) is 0 Å². The molecule has 1 heterocycles. The van der Waals surface area contributed by atoms with E-state index >= 15 is 0 Å². The number of nitrogens with two attached hydrogens (primary N) is 1. The molecule has 74 valence electrons. The Bertz CT molecular complexity index is 383. The zero-order valence-corrected chi connectivity index (χ0v) is 9.69. The highest BCUT2D eigenvalue weighted by molar-refractivity contribution is 9.10. The van der Waals surface area contributed by atoms with Gasteiger partial charge in [0.05, 0.1) is 5.69 Å². The number of carbonyl (C=O) groups is 1. The van der Waals surface area contributed by atoms with Gasteiger partial charge in [0.1, 0.15) is 5.25 Å². The molecule has 1 aliphatic heterocycles. The van der Waals surface area contributed by atoms with Gasteiger partial charge in [-0.25, -0.2) is 0 Å². The van der Waals surface area contributed by atoms with Crippen LogP contribution >= 0.6 is 27.7 Å². The lowest BCUT2D eigenvalue weighted by molar-refractivity contribution is -0.115. The van der Waals surface area contributed by atoms with Crippen LogP contribution in [0.2, 0.25) is 0 Å². The summed E-state index contributed by atoms with van der Waals surface area (Å²) in [5, 5.41) is 2.67. The molecule has 1 aromatic carbocycles. The quantitative estimate of drug-likeness (QED) is 0.820. The second-order valence-electron chi connectivity index (χ2n) is 2.97. The predicted octanol–water partition coefficient (Wildman–Crippen LogP) is 1.82. The summed E-state index contributed by atoms with van der Waals surface area (Å²) in [5.41, 5.74) is 6.35. The number of nitrogens with one attached hydrogen (secondary N) is 1. The lowest BCUT2D eigenvalue weighted by Crippen LogP contribution is -2.34. The van der Waals surface area contributed by atoms with Crippen LogP contribution in [0.15, 0.2) is 27.6 Å². The summed E-state index contributed by atoms with van der Waals surface area (Å²) in [6, 6.07) is 5.83. The van der Waals surface area contributed by atoms with Crippen LogP contribution in [0, 0.1) is 0 Å². The third-order valence-electron chi connectivity index (χ3n) is 1.98. The van der Waals surface area contributed by atoms with E-state index in [0.29, 0.717) is 6.54 Å². The van der Waals surface area contributed by atoms with E-state index in [1.807, 2.05) is 18.2 Å². The molecule has 0 aliphatic carbocycles. The van der Waals surface area contributed by atoms with Crippen molar-refractivity contribution < 1.29 is 4.79 Å². The van der Waals surface area contributed by atoms with Gasteiger partial charge in [0.25, 0.3) is 0 Å². The smallest absolute Gasteiger partial charge is 0.239 e. The van der Waals surface area contributed by atoms with Gasteiger partial charge in [0, 0.05) is 15.9 Å². The van der Waals surface area contributed by atoms with Crippen molar-refractivity contribution in [3.63, 3.8) is 0 Å². The van der Waals surface area contributed by atoms with E-state index < -0.39 is 0 Å². The molecular weight excluding hydrogens is 264 g/mol. The molecule has 1 amide bonds. The van der Waals surface area contributed by atoms with Crippen LogP contribution in [0.1, 0.15) is 0 Å². The minimum atomic E-state index is -0.163. The largest absolute Gasteiger partial charge is 0.329 e. The Morgan fingerprint density at radius 2 is 2.36 bits per heavy atom. The van der Waals surface area contributed by atoms with Crippen molar-refractivity contribution in [2.45, 2.75) is 10.1 Å². The standard InChI is InChI=1S/C9H9BrN2OS/c10-5-1-2-7-6(3-5)12-9(13)8(4-11)14-7/h1-3,8H,4,11H2,(H,12,13). The zero-order valence-electron chi connectivity index (χ0n) is 7.29. The highest BCUT2D eigenvalue weighted by Crippen LogP contribution is 2.36. The highest BCUT2D eigenvalue weighted by Gasteiger charge is 2.25. The molecule has 0 saturated carbocycles. The summed E-state index contributed by atoms with van der Waals surface area (Å²) in [7, 11) is 0. The zero-order chi connectivity index (χ0) is 10.1. The fourth-order valence-electron chi connectivity index (χ4n) is 1.28. The Morgan fingerprint density at radius 1 is 1.57 bits per heavy atom. The third kappa shape index (κ3) is 1.80.